The molecule has 1 unspecified atom stereocenters. The number of esters is 1. The number of fused-ring (bicyclic) bond motifs is 1. The lowest BCUT2D eigenvalue weighted by Crippen LogP contribution is -2.33. The maximum atomic E-state index is 11.8. The Labute approximate surface area is 102 Å². The van der Waals surface area contributed by atoms with Crippen LogP contribution in [0.1, 0.15) is 32.1 Å². The molecule has 5 atom stereocenters. The largest absolute Gasteiger partial charge is 0.469 e. The van der Waals surface area contributed by atoms with Crippen LogP contribution in [0.4, 0.5) is 0 Å². The van der Waals surface area contributed by atoms with Gasteiger partial charge in [0.2, 0.25) is 0 Å². The molecule has 0 radical (unpaired) electrons. The number of hydrogen-bond acceptors (Lipinski definition) is 4. The number of methoxy groups -OCH3 is 1. The van der Waals surface area contributed by atoms with Crippen LogP contribution in [0.5, 0.6) is 0 Å². The highest BCUT2D eigenvalue weighted by Crippen LogP contribution is 2.46. The number of carbonyl (C=O) groups is 1. The maximum absolute atomic E-state index is 11.8. The summed E-state index contributed by atoms with van der Waals surface area (Å²) in [6.07, 6.45) is 4.02. The Kier molecular flexibility index (Phi) is 4.05. The van der Waals surface area contributed by atoms with Gasteiger partial charge in [0.05, 0.1) is 19.1 Å². The van der Waals surface area contributed by atoms with Gasteiger partial charge in [-0.2, -0.15) is 0 Å². The van der Waals surface area contributed by atoms with Crippen LogP contribution in [0.2, 0.25) is 0 Å². The zero-order valence-electron chi connectivity index (χ0n) is 10.3. The van der Waals surface area contributed by atoms with E-state index in [1.54, 1.807) is 0 Å². The first kappa shape index (κ1) is 12.8. The van der Waals surface area contributed by atoms with Crippen molar-refractivity contribution in [2.24, 2.45) is 23.7 Å². The molecule has 2 N–H and O–H groups in total. The highest BCUT2D eigenvalue weighted by Gasteiger charge is 2.45. The van der Waals surface area contributed by atoms with Crippen LogP contribution in [0.15, 0.2) is 0 Å². The Balaban J connectivity index is 2.18. The third-order valence-electron chi connectivity index (χ3n) is 4.65. The molecule has 0 amide bonds. The van der Waals surface area contributed by atoms with E-state index in [9.17, 15) is 15.0 Å². The van der Waals surface area contributed by atoms with Crippen LogP contribution in [-0.4, -0.2) is 36.0 Å². The van der Waals surface area contributed by atoms with Gasteiger partial charge in [-0.15, -0.1) is 0 Å². The molecule has 17 heavy (non-hydrogen) atoms. The lowest BCUT2D eigenvalue weighted by molar-refractivity contribution is -0.148. The quantitative estimate of drug-likeness (QED) is 0.708. The second-order valence-electron chi connectivity index (χ2n) is 5.40. The van der Waals surface area contributed by atoms with Crippen LogP contribution < -0.4 is 0 Å². The number of ether oxygens (including phenoxy) is 1. The van der Waals surface area contributed by atoms with Crippen LogP contribution in [0.25, 0.3) is 0 Å². The van der Waals surface area contributed by atoms with Crippen LogP contribution >= 0.6 is 0 Å². The summed E-state index contributed by atoms with van der Waals surface area (Å²) in [5.74, 6) is 0.106. The number of carbonyl (C=O) groups excluding carboxylic acids is 1. The van der Waals surface area contributed by atoms with Gasteiger partial charge >= 0.3 is 5.97 Å². The topological polar surface area (TPSA) is 66.8 Å². The average Bonchev–Trinajstić information content (AvgIpc) is 2.77. The molecule has 0 aliphatic heterocycles. The predicted octanol–water partition coefficient (Wildman–Crippen LogP) is 0.955. The van der Waals surface area contributed by atoms with E-state index in [1.165, 1.54) is 7.11 Å². The summed E-state index contributed by atoms with van der Waals surface area (Å²) in [6, 6.07) is 0. The standard InChI is InChI=1S/C13H22O4/c1-17-13(16)11-6-5-8(7-14)12(15)10-4-2-3-9(10)11/h8-12,14-15H,2-7H2,1H3/t8-,9-,10-,11?,12-/m0/s1. The zero-order chi connectivity index (χ0) is 12.4. The second-order valence-corrected chi connectivity index (χ2v) is 5.40. The van der Waals surface area contributed by atoms with Crippen LogP contribution in [-0.2, 0) is 9.53 Å². The first-order valence-electron chi connectivity index (χ1n) is 6.55. The smallest absolute Gasteiger partial charge is 0.308 e. The zero-order valence-corrected chi connectivity index (χ0v) is 10.3. The fourth-order valence-corrected chi connectivity index (χ4v) is 3.71. The summed E-state index contributed by atoms with van der Waals surface area (Å²) in [7, 11) is 1.43. The van der Waals surface area contributed by atoms with E-state index in [1.807, 2.05) is 0 Å². The van der Waals surface area contributed by atoms with E-state index in [2.05, 4.69) is 0 Å². The molecule has 0 heterocycles. The molecular formula is C13H22O4. The minimum absolute atomic E-state index is 0.0122. The SMILES string of the molecule is COC(=O)C1CC[C@@H](CO)[C@H](O)[C@H]2CCC[C@H]12. The molecule has 0 aromatic carbocycles. The van der Waals surface area contributed by atoms with Crippen LogP contribution in [0.3, 0.4) is 0 Å². The number of hydrogen-bond donors (Lipinski definition) is 2. The summed E-state index contributed by atoms with van der Waals surface area (Å²) in [5.41, 5.74) is 0. The fraction of sp³-hybridized carbons (Fsp3) is 0.923. The second kappa shape index (κ2) is 5.36. The molecular weight excluding hydrogens is 220 g/mol. The van der Waals surface area contributed by atoms with E-state index in [4.69, 9.17) is 4.74 Å². The molecule has 2 rings (SSSR count). The summed E-state index contributed by atoms with van der Waals surface area (Å²) in [5, 5.41) is 19.6. The van der Waals surface area contributed by atoms with E-state index in [0.29, 0.717) is 6.42 Å². The van der Waals surface area contributed by atoms with Crippen molar-refractivity contribution in [3.05, 3.63) is 0 Å². The molecule has 2 fully saturated rings. The third-order valence-corrected chi connectivity index (χ3v) is 4.65. The van der Waals surface area contributed by atoms with Crippen LogP contribution in [0, 0.1) is 23.7 Å². The Morgan fingerprint density at radius 1 is 1.24 bits per heavy atom. The molecule has 0 spiro atoms. The molecule has 4 heteroatoms. The van der Waals surface area contributed by atoms with Crippen molar-refractivity contribution in [1.82, 2.24) is 0 Å². The molecule has 2 saturated carbocycles. The normalized spacial score (nSPS) is 41.7. The fourth-order valence-electron chi connectivity index (χ4n) is 3.71. The van der Waals surface area contributed by atoms with E-state index < -0.39 is 6.10 Å². The molecule has 98 valence electrons. The van der Waals surface area contributed by atoms with Gasteiger partial charge in [-0.3, -0.25) is 4.79 Å². The molecule has 0 aromatic heterocycles. The first-order chi connectivity index (χ1) is 8.19. The number of aliphatic hydroxyl groups excluding tert-OH is 2. The van der Waals surface area contributed by atoms with Gasteiger partial charge in [0.25, 0.3) is 0 Å². The van der Waals surface area contributed by atoms with Crippen molar-refractivity contribution >= 4 is 5.97 Å². The predicted molar refractivity (Wildman–Crippen MR) is 62.2 cm³/mol. The summed E-state index contributed by atoms with van der Waals surface area (Å²) in [6.45, 7) is 0.0122. The van der Waals surface area contributed by atoms with Crippen molar-refractivity contribution in [2.45, 2.75) is 38.2 Å². The molecule has 2 aliphatic rings. The van der Waals surface area contributed by atoms with Gasteiger partial charge in [-0.1, -0.05) is 6.42 Å². The Bertz CT molecular complexity index is 279. The molecule has 4 nitrogen and oxygen atoms in total. The van der Waals surface area contributed by atoms with Gasteiger partial charge in [-0.25, -0.2) is 0 Å². The third kappa shape index (κ3) is 2.33. The highest BCUT2D eigenvalue weighted by molar-refractivity contribution is 5.72. The van der Waals surface area contributed by atoms with Gasteiger partial charge in [0.15, 0.2) is 0 Å². The monoisotopic (exact) mass is 242 g/mol. The first-order valence-corrected chi connectivity index (χ1v) is 6.55. The molecule has 0 aromatic rings. The van der Waals surface area contributed by atoms with Crippen molar-refractivity contribution in [3.8, 4) is 0 Å². The Morgan fingerprint density at radius 2 is 1.94 bits per heavy atom. The van der Waals surface area contributed by atoms with Gasteiger partial charge in [0, 0.05) is 12.5 Å². The minimum atomic E-state index is -0.456. The average molecular weight is 242 g/mol. The minimum Gasteiger partial charge on any atom is -0.469 e. The summed E-state index contributed by atoms with van der Waals surface area (Å²) in [4.78, 5) is 11.8. The highest BCUT2D eigenvalue weighted by atomic mass is 16.5. The van der Waals surface area contributed by atoms with Gasteiger partial charge < -0.3 is 14.9 Å². The van der Waals surface area contributed by atoms with Crippen molar-refractivity contribution in [3.63, 3.8) is 0 Å². The van der Waals surface area contributed by atoms with E-state index in [0.717, 1.165) is 25.7 Å². The molecule has 2 aliphatic carbocycles. The lowest BCUT2D eigenvalue weighted by atomic mass is 9.81. The van der Waals surface area contributed by atoms with Gasteiger partial charge in [-0.05, 0) is 37.5 Å². The van der Waals surface area contributed by atoms with E-state index >= 15 is 0 Å². The van der Waals surface area contributed by atoms with Crippen molar-refractivity contribution in [1.29, 1.82) is 0 Å². The number of aliphatic hydroxyl groups is 2. The van der Waals surface area contributed by atoms with Crippen molar-refractivity contribution in [2.75, 3.05) is 13.7 Å². The van der Waals surface area contributed by atoms with E-state index in [-0.39, 0.29) is 36.2 Å². The maximum Gasteiger partial charge on any atom is 0.308 e. The number of rotatable bonds is 2. The molecule has 0 bridgehead atoms. The summed E-state index contributed by atoms with van der Waals surface area (Å²) < 4.78 is 4.87. The van der Waals surface area contributed by atoms with Crippen molar-refractivity contribution < 1.29 is 19.7 Å². The lowest BCUT2D eigenvalue weighted by Gasteiger charge is -2.28. The Hall–Kier alpha value is -0.610. The Morgan fingerprint density at radius 3 is 2.59 bits per heavy atom. The summed E-state index contributed by atoms with van der Waals surface area (Å²) >= 11 is 0. The molecule has 0 saturated heterocycles. The van der Waals surface area contributed by atoms with Gasteiger partial charge in [0.1, 0.15) is 0 Å².